The molecule has 0 heterocycles. The second-order valence-corrected chi connectivity index (χ2v) is 6.64. The van der Waals surface area contributed by atoms with E-state index in [0.717, 1.165) is 31.2 Å². The van der Waals surface area contributed by atoms with Gasteiger partial charge < -0.3 is 9.47 Å². The number of hydrogen-bond donors (Lipinski definition) is 0. The maximum absolute atomic E-state index is 12.0. The van der Waals surface area contributed by atoms with Gasteiger partial charge >= 0.3 is 12.1 Å². The summed E-state index contributed by atoms with van der Waals surface area (Å²) in [6.07, 6.45) is 5.26. The molecule has 130 valence electrons. The van der Waals surface area contributed by atoms with Crippen LogP contribution in [0.15, 0.2) is 35.3 Å². The number of carbonyl (C=O) groups excluding carboxylic acids is 2. The van der Waals surface area contributed by atoms with Crippen LogP contribution in [0.1, 0.15) is 51.0 Å². The molecule has 0 radical (unpaired) electrons. The number of methoxy groups -OCH3 is 1. The zero-order valence-corrected chi connectivity index (χ0v) is 14.4. The average Bonchev–Trinajstić information content (AvgIpc) is 2.60. The summed E-state index contributed by atoms with van der Waals surface area (Å²) in [6, 6.07) is 9.36. The molecular weight excluding hydrogens is 306 g/mol. The van der Waals surface area contributed by atoms with E-state index < -0.39 is 12.1 Å². The van der Waals surface area contributed by atoms with Gasteiger partial charge in [-0.1, -0.05) is 56.5 Å². The van der Waals surface area contributed by atoms with Crippen LogP contribution in [0.3, 0.4) is 0 Å². The van der Waals surface area contributed by atoms with Crippen LogP contribution in [0.4, 0.5) is 4.79 Å². The van der Waals surface area contributed by atoms with Crippen molar-refractivity contribution in [1.29, 1.82) is 0 Å². The number of hydrogen-bond acceptors (Lipinski definition) is 4. The van der Waals surface area contributed by atoms with Crippen molar-refractivity contribution in [2.45, 2.75) is 52.1 Å². The molecule has 1 aromatic rings. The normalized spacial score (nSPS) is 17.2. The Morgan fingerprint density at radius 1 is 1.12 bits per heavy atom. The molecule has 0 aliphatic heterocycles. The van der Waals surface area contributed by atoms with Gasteiger partial charge in [-0.15, -0.1) is 0 Å². The van der Waals surface area contributed by atoms with Crippen LogP contribution in [-0.4, -0.2) is 24.9 Å². The van der Waals surface area contributed by atoms with Crippen molar-refractivity contribution in [1.82, 2.24) is 0 Å². The van der Waals surface area contributed by atoms with Crippen LogP contribution in [0.5, 0.6) is 0 Å². The van der Waals surface area contributed by atoms with Crippen molar-refractivity contribution in [2.75, 3.05) is 7.11 Å². The number of amides is 1. The summed E-state index contributed by atoms with van der Waals surface area (Å²) in [6.45, 7) is 2.27. The predicted molar refractivity (Wildman–Crippen MR) is 91.9 cm³/mol. The summed E-state index contributed by atoms with van der Waals surface area (Å²) in [5.74, 6) is -0.557. The minimum absolute atomic E-state index is 0.00895. The molecule has 1 aliphatic carbocycles. The van der Waals surface area contributed by atoms with Gasteiger partial charge in [0.15, 0.2) is 0 Å². The first-order chi connectivity index (χ1) is 11.5. The van der Waals surface area contributed by atoms with Crippen molar-refractivity contribution < 1.29 is 19.1 Å². The number of aliphatic imine (C=N–C) groups is 1. The quantitative estimate of drug-likeness (QED) is 0.596. The van der Waals surface area contributed by atoms with Crippen LogP contribution in [0, 0.1) is 5.41 Å². The van der Waals surface area contributed by atoms with Crippen LogP contribution in [-0.2, 0) is 20.9 Å². The fourth-order valence-corrected chi connectivity index (χ4v) is 3.12. The molecule has 0 atom stereocenters. The molecule has 0 unspecified atom stereocenters. The number of carbonyl (C=O) groups is 2. The summed E-state index contributed by atoms with van der Waals surface area (Å²) >= 11 is 0. The first kappa shape index (κ1) is 18.2. The summed E-state index contributed by atoms with van der Waals surface area (Å²) in [5, 5.41) is 0. The zero-order valence-electron chi connectivity index (χ0n) is 14.4. The van der Waals surface area contributed by atoms with E-state index in [-0.39, 0.29) is 17.7 Å². The van der Waals surface area contributed by atoms with E-state index >= 15 is 0 Å². The first-order valence-electron chi connectivity index (χ1n) is 8.39. The molecule has 1 saturated carbocycles. The van der Waals surface area contributed by atoms with Gasteiger partial charge in [-0.05, 0) is 23.8 Å². The summed E-state index contributed by atoms with van der Waals surface area (Å²) in [7, 11) is 1.30. The van der Waals surface area contributed by atoms with Gasteiger partial charge in [-0.25, -0.2) is 9.59 Å². The maximum Gasteiger partial charge on any atom is 0.434 e. The van der Waals surface area contributed by atoms with Crippen molar-refractivity contribution in [3.63, 3.8) is 0 Å². The topological polar surface area (TPSA) is 65.0 Å². The molecule has 0 bridgehead atoms. The highest BCUT2D eigenvalue weighted by atomic mass is 16.5. The van der Waals surface area contributed by atoms with E-state index in [0.29, 0.717) is 6.42 Å². The average molecular weight is 331 g/mol. The standard InChI is InChI=1S/C19H25NO4/c1-19(11-7-4-8-12-19)13-16(17(21)23-2)20-18(22)24-14-15-9-5-3-6-10-15/h3,5-6,9-10H,4,7-8,11-14H2,1-2H3. The summed E-state index contributed by atoms with van der Waals surface area (Å²) < 4.78 is 9.93. The van der Waals surface area contributed by atoms with Gasteiger partial charge in [0.2, 0.25) is 0 Å². The second-order valence-electron chi connectivity index (χ2n) is 6.64. The molecular formula is C19H25NO4. The van der Waals surface area contributed by atoms with Crippen molar-refractivity contribution in [3.8, 4) is 0 Å². The minimum Gasteiger partial charge on any atom is -0.465 e. The molecule has 1 aliphatic rings. The van der Waals surface area contributed by atoms with Gasteiger partial charge in [0.25, 0.3) is 0 Å². The molecule has 1 amide bonds. The number of ether oxygens (including phenoxy) is 2. The fourth-order valence-electron chi connectivity index (χ4n) is 3.12. The van der Waals surface area contributed by atoms with E-state index in [9.17, 15) is 9.59 Å². The van der Waals surface area contributed by atoms with Crippen molar-refractivity contribution in [3.05, 3.63) is 35.9 Å². The van der Waals surface area contributed by atoms with E-state index in [2.05, 4.69) is 11.9 Å². The predicted octanol–water partition coefficient (Wildman–Crippen LogP) is 4.30. The molecule has 0 N–H and O–H groups in total. The number of benzene rings is 1. The molecule has 5 heteroatoms. The Hall–Kier alpha value is -2.17. The zero-order chi connectivity index (χ0) is 17.4. The molecule has 5 nitrogen and oxygen atoms in total. The number of esters is 1. The summed E-state index contributed by atoms with van der Waals surface area (Å²) in [4.78, 5) is 27.8. The Balaban J connectivity index is 2.01. The Bertz CT molecular complexity index is 589. The third-order valence-electron chi connectivity index (χ3n) is 4.51. The Morgan fingerprint density at radius 2 is 1.79 bits per heavy atom. The smallest absolute Gasteiger partial charge is 0.434 e. The Kier molecular flexibility index (Phi) is 6.53. The van der Waals surface area contributed by atoms with Gasteiger partial charge in [0.1, 0.15) is 12.3 Å². The molecule has 0 spiro atoms. The highest BCUT2D eigenvalue weighted by Gasteiger charge is 2.31. The fraction of sp³-hybridized carbons (Fsp3) is 0.526. The maximum atomic E-state index is 12.0. The van der Waals surface area contributed by atoms with E-state index in [4.69, 9.17) is 9.47 Å². The lowest BCUT2D eigenvalue weighted by molar-refractivity contribution is -0.133. The van der Waals surface area contributed by atoms with Crippen LogP contribution >= 0.6 is 0 Å². The highest BCUT2D eigenvalue weighted by molar-refractivity contribution is 6.38. The molecule has 1 aromatic carbocycles. The lowest BCUT2D eigenvalue weighted by Crippen LogP contribution is -2.29. The minimum atomic E-state index is -0.751. The van der Waals surface area contributed by atoms with Gasteiger partial charge in [-0.3, -0.25) is 0 Å². The lowest BCUT2D eigenvalue weighted by atomic mass is 9.72. The largest absolute Gasteiger partial charge is 0.465 e. The summed E-state index contributed by atoms with van der Waals surface area (Å²) in [5.41, 5.74) is 1.02. The highest BCUT2D eigenvalue weighted by Crippen LogP contribution is 2.39. The molecule has 1 fully saturated rings. The monoisotopic (exact) mass is 331 g/mol. The molecule has 0 aromatic heterocycles. The van der Waals surface area contributed by atoms with Crippen LogP contribution in [0.25, 0.3) is 0 Å². The lowest BCUT2D eigenvalue weighted by Gasteiger charge is -2.33. The van der Waals surface area contributed by atoms with E-state index in [1.165, 1.54) is 13.5 Å². The SMILES string of the molecule is COC(=O)C(CC1(C)CCCCC1)=NC(=O)OCc1ccccc1. The third-order valence-corrected chi connectivity index (χ3v) is 4.51. The molecule has 24 heavy (non-hydrogen) atoms. The van der Waals surface area contributed by atoms with Gasteiger partial charge in [-0.2, -0.15) is 4.99 Å². The second kappa shape index (κ2) is 8.62. The molecule has 0 saturated heterocycles. The third kappa shape index (κ3) is 5.48. The first-order valence-corrected chi connectivity index (χ1v) is 8.39. The molecule has 2 rings (SSSR count). The number of nitrogens with zero attached hydrogens (tertiary/aromatic N) is 1. The van der Waals surface area contributed by atoms with Gasteiger partial charge in [0, 0.05) is 6.42 Å². The number of rotatable bonds is 5. The Labute approximate surface area is 143 Å². The van der Waals surface area contributed by atoms with Crippen molar-refractivity contribution in [2.24, 2.45) is 10.4 Å². The van der Waals surface area contributed by atoms with Crippen LogP contribution < -0.4 is 0 Å². The van der Waals surface area contributed by atoms with Crippen LogP contribution in [0.2, 0.25) is 0 Å². The van der Waals surface area contributed by atoms with E-state index in [1.807, 2.05) is 30.3 Å². The van der Waals surface area contributed by atoms with Gasteiger partial charge in [0.05, 0.1) is 7.11 Å². The van der Waals surface area contributed by atoms with E-state index in [1.54, 1.807) is 0 Å². The van der Waals surface area contributed by atoms with Crippen molar-refractivity contribution >= 4 is 17.8 Å². The Morgan fingerprint density at radius 3 is 2.42 bits per heavy atom.